The van der Waals surface area contributed by atoms with Crippen molar-refractivity contribution in [2.75, 3.05) is 50.5 Å². The maximum atomic E-state index is 14.4. The first kappa shape index (κ1) is 58.1. The predicted octanol–water partition coefficient (Wildman–Crippen LogP) is -2.84. The molecule has 70 heavy (non-hydrogen) atoms. The van der Waals surface area contributed by atoms with Crippen LogP contribution in [0.25, 0.3) is 10.9 Å². The number of nitrogens with two attached hydrogens (primary N) is 3. The number of nitrogens with one attached hydrogen (secondary N) is 6. The second-order valence-electron chi connectivity index (χ2n) is 16.0. The zero-order valence-electron chi connectivity index (χ0n) is 38.4. The number of carboxylic acids is 2. The number of benzene rings is 1. The molecule has 0 bridgehead atoms. The van der Waals surface area contributed by atoms with E-state index in [1.165, 1.54) is 33.5 Å². The Morgan fingerprint density at radius 3 is 2.20 bits per heavy atom. The van der Waals surface area contributed by atoms with Crippen LogP contribution in [0.15, 0.2) is 35.5 Å². The molecule has 15 N–H and O–H groups in total. The van der Waals surface area contributed by atoms with Crippen LogP contribution in [0.1, 0.15) is 56.9 Å². The largest absolute Gasteiger partial charge is 0.481 e. The Bertz CT molecular complexity index is 2210. The van der Waals surface area contributed by atoms with E-state index in [0.29, 0.717) is 35.1 Å². The average molecular weight is 1040 g/mol. The molecule has 1 aliphatic heterocycles. The van der Waals surface area contributed by atoms with Gasteiger partial charge in [-0.1, -0.05) is 39.8 Å². The SMILES string of the molecule is CN(C(=O)CCSSCCC(=O)O)[C@@H](CO)C(=O)N[C@@H](CCCCN=C(N)N)C(=O)NCC(=O)N[C@@H](CC(=O)O)C(=O)N[C@@H](Cc1c[nH]c2ccccc12)C(=O)N1CCC[C@H]1C(=O)N[C@@H](CS)C(N)=O. The number of aromatic nitrogens is 1. The highest BCUT2D eigenvalue weighted by molar-refractivity contribution is 8.76. The van der Waals surface area contributed by atoms with Crippen molar-refractivity contribution in [3.8, 4) is 0 Å². The van der Waals surface area contributed by atoms with Gasteiger partial charge in [0.15, 0.2) is 5.96 Å². The maximum Gasteiger partial charge on any atom is 0.305 e. The number of aliphatic imine (C=N–C) groups is 1. The fourth-order valence-electron chi connectivity index (χ4n) is 7.20. The first-order valence-corrected chi connectivity index (χ1v) is 25.2. The third-order valence-corrected chi connectivity index (χ3v) is 13.7. The lowest BCUT2D eigenvalue weighted by Gasteiger charge is -2.30. The minimum Gasteiger partial charge on any atom is -0.481 e. The van der Waals surface area contributed by atoms with Crippen LogP contribution in [-0.2, 0) is 54.4 Å². The molecule has 0 unspecified atom stereocenters. The van der Waals surface area contributed by atoms with E-state index in [1.807, 2.05) is 0 Å². The van der Waals surface area contributed by atoms with Crippen LogP contribution in [0, 0.1) is 0 Å². The molecule has 1 fully saturated rings. The van der Waals surface area contributed by atoms with Gasteiger partial charge in [-0.2, -0.15) is 12.6 Å². The summed E-state index contributed by atoms with van der Waals surface area (Å²) in [5.41, 5.74) is 17.5. The van der Waals surface area contributed by atoms with E-state index in [2.05, 4.69) is 49.2 Å². The minimum absolute atomic E-state index is 0.0322. The van der Waals surface area contributed by atoms with E-state index in [4.69, 9.17) is 22.3 Å². The average Bonchev–Trinajstić information content (AvgIpc) is 3.97. The fraction of sp³-hybridized carbons (Fsp3) is 0.548. The standard InChI is InChI=1S/C42H62N12O13S3/c1-53(33(57)11-15-69-70-16-12-34(58)59)31(21-55)40(66)50-26(9-4-5-13-46-42(44)45)37(63)48-20-32(56)49-27(18-35(60)61)38(64)51-28(17-23-19-47-25-8-3-2-7-24(23)25)41(67)54-14-6-10-30(54)39(65)52-29(22-68)36(43)62/h2-3,7-8,19,26-31,47,55,68H,4-6,9-18,20-22H2,1H3,(H2,43,62)(H,48,63)(H,49,56)(H,50,66)(H,51,64)(H,52,65)(H,58,59)(H,60,61)(H4,44,45,46)/t26-,27-,28-,29-,30-,31-/m0/s1. The smallest absolute Gasteiger partial charge is 0.305 e. The Hall–Kier alpha value is -6.26. The number of aromatic amines is 1. The number of hydrogen-bond acceptors (Lipinski definition) is 15. The molecule has 0 spiro atoms. The summed E-state index contributed by atoms with van der Waals surface area (Å²) in [6.07, 6.45) is 1.62. The predicted molar refractivity (Wildman–Crippen MR) is 263 cm³/mol. The molecule has 25 nitrogen and oxygen atoms in total. The van der Waals surface area contributed by atoms with Crippen LogP contribution in [0.5, 0.6) is 0 Å². The Labute approximate surface area is 416 Å². The first-order chi connectivity index (χ1) is 33.3. The number of carbonyl (C=O) groups is 10. The normalized spacial score (nSPS) is 15.3. The zero-order chi connectivity index (χ0) is 51.9. The van der Waals surface area contributed by atoms with Gasteiger partial charge in [0.05, 0.1) is 26.0 Å². The van der Waals surface area contributed by atoms with Gasteiger partial charge in [-0.25, -0.2) is 0 Å². The molecule has 0 radical (unpaired) electrons. The van der Waals surface area contributed by atoms with Crippen LogP contribution in [0.4, 0.5) is 0 Å². The number of rotatable bonds is 31. The number of likely N-dealkylation sites (N-methyl/N-ethyl adjacent to an activating group) is 1. The maximum absolute atomic E-state index is 14.4. The Morgan fingerprint density at radius 1 is 0.871 bits per heavy atom. The number of para-hydroxylation sites is 1. The number of aliphatic carboxylic acids is 2. The lowest BCUT2D eigenvalue weighted by Crippen LogP contribution is -2.59. The number of guanidine groups is 1. The van der Waals surface area contributed by atoms with Gasteiger partial charge in [0.1, 0.15) is 36.3 Å². The number of thiol groups is 1. The number of amides is 8. The Morgan fingerprint density at radius 2 is 1.56 bits per heavy atom. The number of aliphatic hydroxyl groups excluding tert-OH is 1. The third-order valence-electron chi connectivity index (χ3n) is 10.9. The monoisotopic (exact) mass is 1040 g/mol. The summed E-state index contributed by atoms with van der Waals surface area (Å²) < 4.78 is 0. The molecule has 2 aromatic rings. The van der Waals surface area contributed by atoms with E-state index in [1.54, 1.807) is 30.5 Å². The summed E-state index contributed by atoms with van der Waals surface area (Å²) in [6.45, 7) is -1.37. The van der Waals surface area contributed by atoms with Gasteiger partial charge in [-0.15, -0.1) is 0 Å². The highest BCUT2D eigenvalue weighted by Crippen LogP contribution is 2.24. The number of primary amides is 1. The quantitative estimate of drug-likeness (QED) is 0.0119. The number of carbonyl (C=O) groups excluding carboxylic acids is 8. The van der Waals surface area contributed by atoms with E-state index >= 15 is 0 Å². The number of nitrogens with zero attached hydrogens (tertiary/aromatic N) is 3. The highest BCUT2D eigenvalue weighted by atomic mass is 33.1. The van der Waals surface area contributed by atoms with Gasteiger partial charge in [0.2, 0.25) is 47.3 Å². The van der Waals surface area contributed by atoms with E-state index in [0.717, 1.165) is 4.90 Å². The summed E-state index contributed by atoms with van der Waals surface area (Å²) in [6, 6.07) is -1.04. The molecule has 386 valence electrons. The van der Waals surface area contributed by atoms with Crippen LogP contribution < -0.4 is 43.8 Å². The van der Waals surface area contributed by atoms with Gasteiger partial charge < -0.3 is 73.9 Å². The lowest BCUT2D eigenvalue weighted by molar-refractivity contribution is -0.143. The lowest BCUT2D eigenvalue weighted by atomic mass is 10.0. The molecule has 8 amide bonds. The van der Waals surface area contributed by atoms with Gasteiger partial charge in [-0.3, -0.25) is 52.9 Å². The number of aliphatic hydroxyl groups is 1. The van der Waals surface area contributed by atoms with E-state index < -0.39 is 115 Å². The Kier molecular flexibility index (Phi) is 24.6. The molecule has 0 aliphatic carbocycles. The zero-order valence-corrected chi connectivity index (χ0v) is 41.0. The van der Waals surface area contributed by atoms with Crippen LogP contribution >= 0.6 is 34.2 Å². The van der Waals surface area contributed by atoms with Crippen molar-refractivity contribution >= 4 is 110 Å². The summed E-state index contributed by atoms with van der Waals surface area (Å²) >= 11 is 4.06. The summed E-state index contributed by atoms with van der Waals surface area (Å²) in [7, 11) is 3.82. The fourth-order valence-corrected chi connectivity index (χ4v) is 9.43. The van der Waals surface area contributed by atoms with E-state index in [9.17, 15) is 58.2 Å². The molecule has 3 rings (SSSR count). The number of unbranched alkanes of at least 4 members (excludes halogenated alkanes) is 1. The van der Waals surface area contributed by atoms with Crippen molar-refractivity contribution in [2.24, 2.45) is 22.2 Å². The second-order valence-corrected chi connectivity index (χ2v) is 19.1. The molecular formula is C42H62N12O13S3. The van der Waals surface area contributed by atoms with Gasteiger partial charge in [0, 0.05) is 67.3 Å². The first-order valence-electron chi connectivity index (χ1n) is 22.1. The summed E-state index contributed by atoms with van der Waals surface area (Å²) in [4.78, 5) is 139. The molecule has 2 heterocycles. The summed E-state index contributed by atoms with van der Waals surface area (Å²) in [5.74, 6) is -8.78. The highest BCUT2D eigenvalue weighted by Gasteiger charge is 2.40. The van der Waals surface area contributed by atoms with Gasteiger partial charge >= 0.3 is 11.9 Å². The number of hydrogen-bond donors (Lipinski definition) is 13. The van der Waals surface area contributed by atoms with Crippen molar-refractivity contribution in [3.63, 3.8) is 0 Å². The van der Waals surface area contributed by atoms with Crippen molar-refractivity contribution in [1.29, 1.82) is 0 Å². The Balaban J connectivity index is 1.77. The number of fused-ring (bicyclic) bond motifs is 1. The molecule has 1 aromatic carbocycles. The molecule has 1 saturated heterocycles. The van der Waals surface area contributed by atoms with E-state index in [-0.39, 0.29) is 69.1 Å². The molecule has 28 heteroatoms. The molecule has 1 aliphatic rings. The summed E-state index contributed by atoms with van der Waals surface area (Å²) in [5, 5.41) is 41.6. The third kappa shape index (κ3) is 18.9. The number of H-pyrrole nitrogens is 1. The number of carboxylic acid groups (broad SMARTS) is 2. The number of likely N-dealkylation sites (tertiary alicyclic amines) is 1. The van der Waals surface area contributed by atoms with Crippen molar-refractivity contribution < 1.29 is 63.3 Å². The van der Waals surface area contributed by atoms with Crippen molar-refractivity contribution in [2.45, 2.75) is 94.0 Å². The second kappa shape index (κ2) is 29.7. The molecule has 6 atom stereocenters. The molecular weight excluding hydrogens is 977 g/mol. The van der Waals surface area contributed by atoms with Crippen LogP contribution in [0.2, 0.25) is 0 Å². The molecule has 0 saturated carbocycles. The van der Waals surface area contributed by atoms with Crippen molar-refractivity contribution in [1.82, 2.24) is 41.4 Å². The molecule has 1 aromatic heterocycles. The van der Waals surface area contributed by atoms with Crippen LogP contribution in [-0.4, -0.2) is 182 Å². The van der Waals surface area contributed by atoms with Crippen molar-refractivity contribution in [3.05, 3.63) is 36.0 Å². The van der Waals surface area contributed by atoms with Gasteiger partial charge in [-0.05, 0) is 43.7 Å². The van der Waals surface area contributed by atoms with Gasteiger partial charge in [0.25, 0.3) is 0 Å². The van der Waals surface area contributed by atoms with Crippen LogP contribution in [0.3, 0.4) is 0 Å². The topological polar surface area (TPSA) is 404 Å². The minimum atomic E-state index is -1.80.